The van der Waals surface area contributed by atoms with Crippen molar-refractivity contribution in [2.45, 2.75) is 71.1 Å². The van der Waals surface area contributed by atoms with Crippen LogP contribution in [-0.4, -0.2) is 52.6 Å². The van der Waals surface area contributed by atoms with Gasteiger partial charge in [0.25, 0.3) is 5.56 Å². The van der Waals surface area contributed by atoms with Crippen LogP contribution in [0, 0.1) is 5.92 Å². The number of amides is 1. The highest BCUT2D eigenvalue weighted by atomic mass is 16.5. The minimum absolute atomic E-state index is 0.0634. The van der Waals surface area contributed by atoms with Gasteiger partial charge in [-0.1, -0.05) is 19.3 Å². The van der Waals surface area contributed by atoms with Crippen molar-refractivity contribution in [1.29, 1.82) is 0 Å². The fourth-order valence-electron chi connectivity index (χ4n) is 4.72. The van der Waals surface area contributed by atoms with E-state index in [2.05, 4.69) is 9.88 Å². The zero-order valence-corrected chi connectivity index (χ0v) is 16.4. The molecule has 0 aromatic carbocycles. The summed E-state index contributed by atoms with van der Waals surface area (Å²) >= 11 is 0. The molecule has 27 heavy (non-hydrogen) atoms. The Morgan fingerprint density at radius 2 is 1.85 bits per heavy atom. The van der Waals surface area contributed by atoms with Crippen molar-refractivity contribution in [2.24, 2.45) is 5.92 Å². The summed E-state index contributed by atoms with van der Waals surface area (Å²) in [5, 5.41) is 0. The Balaban J connectivity index is 1.54. The van der Waals surface area contributed by atoms with Crippen LogP contribution in [0.4, 0.5) is 5.95 Å². The van der Waals surface area contributed by atoms with Crippen LogP contribution < -0.4 is 10.5 Å². The smallest absolute Gasteiger partial charge is 0.255 e. The van der Waals surface area contributed by atoms with Gasteiger partial charge in [0, 0.05) is 31.1 Å². The molecule has 1 aromatic rings. The summed E-state index contributed by atoms with van der Waals surface area (Å²) in [4.78, 5) is 37.2. The molecule has 1 saturated carbocycles. The second-order valence-corrected chi connectivity index (χ2v) is 8.32. The van der Waals surface area contributed by atoms with Crippen LogP contribution in [0.2, 0.25) is 0 Å². The number of ether oxygens (including phenoxy) is 1. The van der Waals surface area contributed by atoms with E-state index in [1.165, 1.54) is 6.42 Å². The first-order chi connectivity index (χ1) is 13.0. The van der Waals surface area contributed by atoms with Crippen LogP contribution in [0.1, 0.15) is 57.2 Å². The highest BCUT2D eigenvalue weighted by Gasteiger charge is 2.31. The lowest BCUT2D eigenvalue weighted by molar-refractivity contribution is -0.137. The third kappa shape index (κ3) is 3.88. The van der Waals surface area contributed by atoms with Gasteiger partial charge in [0.2, 0.25) is 11.9 Å². The molecule has 1 amide bonds. The number of aromatic nitrogens is 2. The molecule has 7 heteroatoms. The standard InChI is InChI=1S/C20H30N4O3/c1-13-10-24(11-14(2)27-13)20-21-17-12-23(9-8-16(17)18(25)22-20)19(26)15-6-4-3-5-7-15/h13-15H,3-12H2,1-2H3,(H,21,22,25)/t13-,14+. The van der Waals surface area contributed by atoms with E-state index in [0.717, 1.165) is 36.9 Å². The summed E-state index contributed by atoms with van der Waals surface area (Å²) in [6, 6.07) is 0. The number of hydrogen-bond acceptors (Lipinski definition) is 5. The van der Waals surface area contributed by atoms with Gasteiger partial charge in [0.05, 0.1) is 24.4 Å². The average Bonchev–Trinajstić information content (AvgIpc) is 2.67. The number of anilines is 1. The van der Waals surface area contributed by atoms with E-state index in [1.807, 2.05) is 18.7 Å². The summed E-state index contributed by atoms with van der Waals surface area (Å²) in [5.41, 5.74) is 1.43. The van der Waals surface area contributed by atoms with Crippen molar-refractivity contribution in [3.63, 3.8) is 0 Å². The molecule has 3 heterocycles. The molecule has 0 spiro atoms. The van der Waals surface area contributed by atoms with Gasteiger partial charge in [-0.15, -0.1) is 0 Å². The number of nitrogens with one attached hydrogen (secondary N) is 1. The lowest BCUT2D eigenvalue weighted by Gasteiger charge is -2.36. The zero-order valence-electron chi connectivity index (χ0n) is 16.4. The molecule has 2 fully saturated rings. The number of morpholine rings is 1. The minimum Gasteiger partial charge on any atom is -0.372 e. The Hall–Kier alpha value is -1.89. The molecule has 0 unspecified atom stereocenters. The molecule has 1 N–H and O–H groups in total. The maximum atomic E-state index is 12.9. The van der Waals surface area contributed by atoms with Gasteiger partial charge in [-0.3, -0.25) is 14.6 Å². The second-order valence-electron chi connectivity index (χ2n) is 8.32. The van der Waals surface area contributed by atoms with Crippen LogP contribution in [0.25, 0.3) is 0 Å². The van der Waals surface area contributed by atoms with Crippen LogP contribution in [-0.2, 0) is 22.5 Å². The molecule has 2 aliphatic heterocycles. The predicted octanol–water partition coefficient (Wildman–Crippen LogP) is 1.85. The van der Waals surface area contributed by atoms with Gasteiger partial charge < -0.3 is 14.5 Å². The summed E-state index contributed by atoms with van der Waals surface area (Å²) in [6.07, 6.45) is 6.32. The largest absolute Gasteiger partial charge is 0.372 e. The Morgan fingerprint density at radius 3 is 2.56 bits per heavy atom. The van der Waals surface area contributed by atoms with Crippen molar-refractivity contribution in [2.75, 3.05) is 24.5 Å². The molecule has 1 aliphatic carbocycles. The Kier molecular flexibility index (Phi) is 5.21. The molecule has 1 saturated heterocycles. The predicted molar refractivity (Wildman–Crippen MR) is 103 cm³/mol. The number of carbonyl (C=O) groups excluding carboxylic acids is 1. The molecule has 0 radical (unpaired) electrons. The molecular formula is C20H30N4O3. The van der Waals surface area contributed by atoms with Crippen molar-refractivity contribution in [3.05, 3.63) is 21.6 Å². The van der Waals surface area contributed by atoms with Crippen molar-refractivity contribution in [3.8, 4) is 0 Å². The Morgan fingerprint density at radius 1 is 1.15 bits per heavy atom. The quantitative estimate of drug-likeness (QED) is 0.855. The molecule has 0 bridgehead atoms. The second kappa shape index (κ2) is 7.62. The third-order valence-corrected chi connectivity index (χ3v) is 6.05. The van der Waals surface area contributed by atoms with Gasteiger partial charge >= 0.3 is 0 Å². The Labute approximate surface area is 160 Å². The molecule has 2 atom stereocenters. The molecule has 7 nitrogen and oxygen atoms in total. The summed E-state index contributed by atoms with van der Waals surface area (Å²) < 4.78 is 5.78. The molecule has 148 valence electrons. The third-order valence-electron chi connectivity index (χ3n) is 6.05. The van der Waals surface area contributed by atoms with Gasteiger partial charge in [0.15, 0.2) is 0 Å². The number of hydrogen-bond donors (Lipinski definition) is 1. The van der Waals surface area contributed by atoms with Crippen molar-refractivity contribution in [1.82, 2.24) is 14.9 Å². The van der Waals surface area contributed by atoms with Crippen LogP contribution >= 0.6 is 0 Å². The maximum Gasteiger partial charge on any atom is 0.255 e. The van der Waals surface area contributed by atoms with Gasteiger partial charge in [-0.2, -0.15) is 0 Å². The fourth-order valence-corrected chi connectivity index (χ4v) is 4.72. The van der Waals surface area contributed by atoms with E-state index in [9.17, 15) is 9.59 Å². The fraction of sp³-hybridized carbons (Fsp3) is 0.750. The lowest BCUT2D eigenvalue weighted by Crippen LogP contribution is -2.47. The maximum absolute atomic E-state index is 12.9. The van der Waals surface area contributed by atoms with Gasteiger partial charge in [-0.25, -0.2) is 4.98 Å². The number of H-pyrrole nitrogens is 1. The average molecular weight is 374 g/mol. The van der Waals surface area contributed by atoms with E-state index in [-0.39, 0.29) is 29.6 Å². The van der Waals surface area contributed by atoms with Gasteiger partial charge in [-0.05, 0) is 33.1 Å². The normalized spacial score (nSPS) is 26.7. The first kappa shape index (κ1) is 18.5. The van der Waals surface area contributed by atoms with Gasteiger partial charge in [0.1, 0.15) is 0 Å². The van der Waals surface area contributed by atoms with Crippen LogP contribution in [0.5, 0.6) is 0 Å². The minimum atomic E-state index is -0.0634. The van der Waals surface area contributed by atoms with E-state index < -0.39 is 0 Å². The number of rotatable bonds is 2. The Bertz CT molecular complexity index is 746. The van der Waals surface area contributed by atoms with E-state index in [1.54, 1.807) is 0 Å². The first-order valence-corrected chi connectivity index (χ1v) is 10.3. The molecule has 3 aliphatic rings. The zero-order chi connectivity index (χ0) is 19.0. The summed E-state index contributed by atoms with van der Waals surface area (Å²) in [5.74, 6) is 1.01. The monoisotopic (exact) mass is 374 g/mol. The SMILES string of the molecule is C[C@@H]1CN(c2nc3c(c(=O)[nH]2)CCN(C(=O)C2CCCCC2)C3)C[C@H](C)O1. The van der Waals surface area contributed by atoms with Crippen LogP contribution in [0.15, 0.2) is 4.79 Å². The number of nitrogens with zero attached hydrogens (tertiary/aromatic N) is 3. The van der Waals surface area contributed by atoms with Crippen molar-refractivity contribution >= 4 is 11.9 Å². The number of carbonyl (C=O) groups is 1. The van der Waals surface area contributed by atoms with Crippen LogP contribution in [0.3, 0.4) is 0 Å². The molecular weight excluding hydrogens is 344 g/mol. The summed E-state index contributed by atoms with van der Waals surface area (Å²) in [6.45, 7) is 6.55. The van der Waals surface area contributed by atoms with E-state index in [0.29, 0.717) is 38.5 Å². The van der Waals surface area contributed by atoms with E-state index in [4.69, 9.17) is 9.72 Å². The lowest BCUT2D eigenvalue weighted by atomic mass is 9.88. The topological polar surface area (TPSA) is 78.5 Å². The first-order valence-electron chi connectivity index (χ1n) is 10.3. The van der Waals surface area contributed by atoms with E-state index >= 15 is 0 Å². The molecule has 4 rings (SSSR count). The van der Waals surface area contributed by atoms with Crippen molar-refractivity contribution < 1.29 is 9.53 Å². The number of fused-ring (bicyclic) bond motifs is 1. The summed E-state index contributed by atoms with van der Waals surface area (Å²) in [7, 11) is 0. The number of aromatic amines is 1. The highest BCUT2D eigenvalue weighted by molar-refractivity contribution is 5.79. The molecule has 1 aromatic heterocycles. The highest BCUT2D eigenvalue weighted by Crippen LogP contribution is 2.27.